The Morgan fingerprint density at radius 3 is 2.75 bits per heavy atom. The molecule has 0 bridgehead atoms. The predicted octanol–water partition coefficient (Wildman–Crippen LogP) is 3.40. The average molecular weight is 365 g/mol. The maximum atomic E-state index is 12.6. The van der Waals surface area contributed by atoms with Gasteiger partial charge in [-0.05, 0) is 36.6 Å². The summed E-state index contributed by atoms with van der Waals surface area (Å²) < 4.78 is 5.72. The molecule has 0 aromatic heterocycles. The fraction of sp³-hybridized carbons (Fsp3) is 0.353. The molecule has 1 atom stereocenters. The largest absolute Gasteiger partial charge is 0.494 e. The zero-order chi connectivity index (χ0) is 17.9. The molecule has 128 valence electrons. The van der Waals surface area contributed by atoms with E-state index < -0.39 is 12.0 Å². The number of hydrogen-bond donors (Lipinski definition) is 1. The smallest absolute Gasteiger partial charge is 0.327 e. The first-order valence-corrected chi connectivity index (χ1v) is 8.80. The van der Waals surface area contributed by atoms with Gasteiger partial charge in [-0.15, -0.1) is 0 Å². The van der Waals surface area contributed by atoms with E-state index in [1.165, 1.54) is 4.90 Å². The zero-order valence-corrected chi connectivity index (χ0v) is 15.3. The van der Waals surface area contributed by atoms with Crippen LogP contribution in [0.15, 0.2) is 29.2 Å². The Labute approximate surface area is 150 Å². The molecule has 1 aliphatic rings. The highest BCUT2D eigenvalue weighted by Crippen LogP contribution is 2.35. The maximum Gasteiger partial charge on any atom is 0.327 e. The molecule has 0 unspecified atom stereocenters. The number of carboxylic acids is 1. The van der Waals surface area contributed by atoms with Gasteiger partial charge < -0.3 is 9.84 Å². The van der Waals surface area contributed by atoms with E-state index in [9.17, 15) is 14.7 Å². The number of aliphatic carboxylic acids is 1. The number of thioether (sulfide) groups is 1. The molecule has 0 saturated carbocycles. The lowest BCUT2D eigenvalue weighted by Crippen LogP contribution is -2.47. The monoisotopic (exact) mass is 365 g/mol. The van der Waals surface area contributed by atoms with Crippen molar-refractivity contribution in [2.75, 3.05) is 6.61 Å². The van der Waals surface area contributed by atoms with Crippen LogP contribution in [0.2, 0.25) is 0 Å². The molecule has 1 aliphatic heterocycles. The van der Waals surface area contributed by atoms with Crippen LogP contribution in [-0.4, -0.2) is 38.9 Å². The van der Waals surface area contributed by atoms with Crippen molar-refractivity contribution in [3.05, 3.63) is 34.7 Å². The number of ether oxygens (including phenoxy) is 1. The van der Waals surface area contributed by atoms with Gasteiger partial charge >= 0.3 is 5.97 Å². The van der Waals surface area contributed by atoms with Crippen LogP contribution in [0.3, 0.4) is 0 Å². The second-order valence-electron chi connectivity index (χ2n) is 5.58. The van der Waals surface area contributed by atoms with Crippen LogP contribution in [0.1, 0.15) is 26.3 Å². The third-order valence-corrected chi connectivity index (χ3v) is 4.78. The number of rotatable bonds is 6. The van der Waals surface area contributed by atoms with Gasteiger partial charge in [-0.25, -0.2) is 4.79 Å². The maximum absolute atomic E-state index is 12.6. The average Bonchev–Trinajstić information content (AvgIpc) is 2.75. The topological polar surface area (TPSA) is 66.8 Å². The molecule has 1 aromatic carbocycles. The Morgan fingerprint density at radius 1 is 1.46 bits per heavy atom. The lowest BCUT2D eigenvalue weighted by molar-refractivity contribution is -0.146. The standard InChI is InChI=1S/C17H19NO4S2/c1-4-22-12-7-5-6-11(8-12)9-13-15(19)18(17(23)24-13)14(10(2)3)16(20)21/h5-10,14H,4H2,1-3H3,(H,20,21)/b13-9+/t14-/m1/s1. The van der Waals surface area contributed by atoms with Crippen LogP contribution in [0, 0.1) is 5.92 Å². The van der Waals surface area contributed by atoms with Gasteiger partial charge in [0.1, 0.15) is 16.1 Å². The normalized spacial score (nSPS) is 17.7. The third-order valence-electron chi connectivity index (χ3n) is 3.45. The van der Waals surface area contributed by atoms with E-state index in [4.69, 9.17) is 17.0 Å². The van der Waals surface area contributed by atoms with Crippen molar-refractivity contribution in [2.24, 2.45) is 5.92 Å². The molecule has 1 heterocycles. The van der Waals surface area contributed by atoms with Crippen molar-refractivity contribution in [3.8, 4) is 5.75 Å². The highest BCUT2D eigenvalue weighted by atomic mass is 32.2. The number of hydrogen-bond acceptors (Lipinski definition) is 5. The molecule has 1 amide bonds. The highest BCUT2D eigenvalue weighted by molar-refractivity contribution is 8.26. The predicted molar refractivity (Wildman–Crippen MR) is 98.9 cm³/mol. The van der Waals surface area contributed by atoms with Crippen LogP contribution >= 0.6 is 24.0 Å². The number of thiocarbonyl (C=S) groups is 1. The first kappa shape index (κ1) is 18.5. The lowest BCUT2D eigenvalue weighted by atomic mass is 10.0. The van der Waals surface area contributed by atoms with E-state index in [1.54, 1.807) is 19.9 Å². The summed E-state index contributed by atoms with van der Waals surface area (Å²) in [5, 5.41) is 9.41. The Morgan fingerprint density at radius 2 is 2.17 bits per heavy atom. The number of carboxylic acid groups (broad SMARTS) is 1. The quantitative estimate of drug-likeness (QED) is 0.616. The summed E-state index contributed by atoms with van der Waals surface area (Å²) >= 11 is 6.36. The molecular weight excluding hydrogens is 346 g/mol. The Hall–Kier alpha value is -1.86. The summed E-state index contributed by atoms with van der Waals surface area (Å²) in [4.78, 5) is 25.8. The fourth-order valence-corrected chi connectivity index (χ4v) is 3.75. The van der Waals surface area contributed by atoms with Crippen LogP contribution in [0.25, 0.3) is 6.08 Å². The van der Waals surface area contributed by atoms with E-state index in [1.807, 2.05) is 31.2 Å². The second kappa shape index (κ2) is 7.81. The molecule has 24 heavy (non-hydrogen) atoms. The molecule has 0 spiro atoms. The molecule has 7 heteroatoms. The minimum Gasteiger partial charge on any atom is -0.494 e. The van der Waals surface area contributed by atoms with Gasteiger partial charge in [0.25, 0.3) is 5.91 Å². The number of benzene rings is 1. The van der Waals surface area contributed by atoms with Gasteiger partial charge in [0.05, 0.1) is 11.5 Å². The molecule has 1 aromatic rings. The molecular formula is C17H19NO4S2. The van der Waals surface area contributed by atoms with Gasteiger partial charge in [-0.2, -0.15) is 0 Å². The van der Waals surface area contributed by atoms with Crippen molar-refractivity contribution in [1.82, 2.24) is 4.90 Å². The van der Waals surface area contributed by atoms with Crippen LogP contribution in [-0.2, 0) is 9.59 Å². The lowest BCUT2D eigenvalue weighted by Gasteiger charge is -2.26. The summed E-state index contributed by atoms with van der Waals surface area (Å²) in [5.41, 5.74) is 0.804. The Kier molecular flexibility index (Phi) is 6.01. The van der Waals surface area contributed by atoms with Crippen molar-refractivity contribution in [1.29, 1.82) is 0 Å². The molecule has 1 saturated heterocycles. The van der Waals surface area contributed by atoms with E-state index in [-0.39, 0.29) is 16.1 Å². The van der Waals surface area contributed by atoms with Crippen molar-refractivity contribution in [3.63, 3.8) is 0 Å². The molecule has 0 radical (unpaired) electrons. The van der Waals surface area contributed by atoms with E-state index >= 15 is 0 Å². The molecule has 1 N–H and O–H groups in total. The van der Waals surface area contributed by atoms with Gasteiger partial charge in [0.15, 0.2) is 0 Å². The van der Waals surface area contributed by atoms with E-state index in [0.29, 0.717) is 17.3 Å². The SMILES string of the molecule is CCOc1cccc(/C=C2/SC(=S)N([C@@H](C(=O)O)C(C)C)C2=O)c1. The van der Waals surface area contributed by atoms with Gasteiger partial charge in [0.2, 0.25) is 0 Å². The van der Waals surface area contributed by atoms with Gasteiger partial charge in [-0.1, -0.05) is 50.0 Å². The van der Waals surface area contributed by atoms with Crippen molar-refractivity contribution >= 4 is 46.3 Å². The minimum absolute atomic E-state index is 0.245. The fourth-order valence-electron chi connectivity index (χ4n) is 2.43. The molecule has 0 aliphatic carbocycles. The van der Waals surface area contributed by atoms with Crippen molar-refractivity contribution < 1.29 is 19.4 Å². The zero-order valence-electron chi connectivity index (χ0n) is 13.7. The Bertz CT molecular complexity index is 700. The first-order chi connectivity index (χ1) is 11.3. The first-order valence-electron chi connectivity index (χ1n) is 7.57. The molecule has 1 fully saturated rings. The summed E-state index contributed by atoms with van der Waals surface area (Å²) in [6.45, 7) is 5.97. The molecule has 2 rings (SSSR count). The number of carbonyl (C=O) groups is 2. The third kappa shape index (κ3) is 3.96. The van der Waals surface area contributed by atoms with E-state index in [0.717, 1.165) is 17.3 Å². The minimum atomic E-state index is -1.05. The van der Waals surface area contributed by atoms with Crippen LogP contribution in [0.5, 0.6) is 5.75 Å². The second-order valence-corrected chi connectivity index (χ2v) is 7.26. The summed E-state index contributed by atoms with van der Waals surface area (Å²) in [7, 11) is 0. The summed E-state index contributed by atoms with van der Waals surface area (Å²) in [6.07, 6.45) is 1.71. The summed E-state index contributed by atoms with van der Waals surface area (Å²) in [5.74, 6) is -0.952. The van der Waals surface area contributed by atoms with Crippen LogP contribution in [0.4, 0.5) is 0 Å². The Balaban J connectivity index is 2.31. The van der Waals surface area contributed by atoms with Gasteiger partial charge in [-0.3, -0.25) is 9.69 Å². The van der Waals surface area contributed by atoms with Crippen molar-refractivity contribution in [2.45, 2.75) is 26.8 Å². The number of carbonyl (C=O) groups excluding carboxylic acids is 1. The molecule has 5 nitrogen and oxygen atoms in total. The summed E-state index contributed by atoms with van der Waals surface area (Å²) in [6, 6.07) is 6.40. The number of nitrogens with zero attached hydrogens (tertiary/aromatic N) is 1. The van der Waals surface area contributed by atoms with Gasteiger partial charge in [0, 0.05) is 0 Å². The number of amides is 1. The highest BCUT2D eigenvalue weighted by Gasteiger charge is 2.41. The van der Waals surface area contributed by atoms with E-state index in [2.05, 4.69) is 0 Å². The van der Waals surface area contributed by atoms with Crippen LogP contribution < -0.4 is 4.74 Å².